The molecule has 3 N–H and O–H groups in total. The summed E-state index contributed by atoms with van der Waals surface area (Å²) in [5.41, 5.74) is 6.11. The van der Waals surface area contributed by atoms with Gasteiger partial charge in [-0.05, 0) is 17.7 Å². The van der Waals surface area contributed by atoms with Crippen molar-refractivity contribution in [2.75, 3.05) is 0 Å². The van der Waals surface area contributed by atoms with Gasteiger partial charge in [-0.2, -0.15) is 0 Å². The van der Waals surface area contributed by atoms with E-state index in [9.17, 15) is 4.79 Å². The fourth-order valence-electron chi connectivity index (χ4n) is 0.907. The molecule has 0 saturated carbocycles. The SMILES string of the molecule is NC(/C=C/c1cccc(Cl)c1)C(=O)O. The summed E-state index contributed by atoms with van der Waals surface area (Å²) < 4.78 is 0. The second kappa shape index (κ2) is 4.79. The number of nitrogens with two attached hydrogens (primary N) is 1. The van der Waals surface area contributed by atoms with Crippen molar-refractivity contribution in [3.8, 4) is 0 Å². The Balaban J connectivity index is 2.73. The first kappa shape index (κ1) is 10.8. The average molecular weight is 212 g/mol. The highest BCUT2D eigenvalue weighted by Gasteiger charge is 2.05. The molecule has 0 aliphatic rings. The van der Waals surface area contributed by atoms with Crippen LogP contribution >= 0.6 is 11.6 Å². The molecule has 0 fully saturated rings. The van der Waals surface area contributed by atoms with Crippen LogP contribution in [0.3, 0.4) is 0 Å². The summed E-state index contributed by atoms with van der Waals surface area (Å²) in [6.45, 7) is 0. The number of hydrogen-bond acceptors (Lipinski definition) is 2. The molecule has 1 atom stereocenters. The van der Waals surface area contributed by atoms with Gasteiger partial charge < -0.3 is 10.8 Å². The molecule has 1 unspecified atom stereocenters. The molecule has 1 aromatic rings. The number of aliphatic carboxylic acids is 1. The molecule has 14 heavy (non-hydrogen) atoms. The van der Waals surface area contributed by atoms with Gasteiger partial charge in [-0.15, -0.1) is 0 Å². The van der Waals surface area contributed by atoms with Gasteiger partial charge in [-0.25, -0.2) is 0 Å². The highest BCUT2D eigenvalue weighted by molar-refractivity contribution is 6.30. The Labute approximate surface area is 86.8 Å². The maximum atomic E-state index is 10.4. The lowest BCUT2D eigenvalue weighted by molar-refractivity contribution is -0.137. The predicted octanol–water partition coefficient (Wildman–Crippen LogP) is 1.77. The van der Waals surface area contributed by atoms with Crippen LogP contribution in [0.15, 0.2) is 30.3 Å². The molecule has 0 heterocycles. The molecule has 0 bridgehead atoms. The number of benzene rings is 1. The molecule has 1 rings (SSSR count). The molecule has 1 aromatic carbocycles. The predicted molar refractivity (Wildman–Crippen MR) is 56.1 cm³/mol. The van der Waals surface area contributed by atoms with Crippen molar-refractivity contribution >= 4 is 23.6 Å². The van der Waals surface area contributed by atoms with Crippen LogP contribution in [0, 0.1) is 0 Å². The van der Waals surface area contributed by atoms with Gasteiger partial charge in [-0.1, -0.05) is 35.9 Å². The van der Waals surface area contributed by atoms with Crippen LogP contribution in [-0.2, 0) is 4.79 Å². The van der Waals surface area contributed by atoms with Crippen LogP contribution in [-0.4, -0.2) is 17.1 Å². The van der Waals surface area contributed by atoms with Gasteiger partial charge in [-0.3, -0.25) is 4.79 Å². The van der Waals surface area contributed by atoms with E-state index in [-0.39, 0.29) is 0 Å². The van der Waals surface area contributed by atoms with Crippen LogP contribution in [0.2, 0.25) is 5.02 Å². The Morgan fingerprint density at radius 3 is 2.86 bits per heavy atom. The van der Waals surface area contributed by atoms with Crippen molar-refractivity contribution in [3.05, 3.63) is 40.9 Å². The van der Waals surface area contributed by atoms with E-state index in [1.54, 1.807) is 24.3 Å². The molecule has 0 radical (unpaired) electrons. The topological polar surface area (TPSA) is 63.3 Å². The highest BCUT2D eigenvalue weighted by atomic mass is 35.5. The summed E-state index contributed by atoms with van der Waals surface area (Å²) in [7, 11) is 0. The van der Waals surface area contributed by atoms with Gasteiger partial charge >= 0.3 is 5.97 Å². The zero-order valence-electron chi connectivity index (χ0n) is 7.35. The van der Waals surface area contributed by atoms with Crippen LogP contribution in [0.5, 0.6) is 0 Å². The van der Waals surface area contributed by atoms with Gasteiger partial charge in [0.25, 0.3) is 0 Å². The number of carboxylic acids is 1. The summed E-state index contributed by atoms with van der Waals surface area (Å²) in [6.07, 6.45) is 3.04. The lowest BCUT2D eigenvalue weighted by Gasteiger charge is -1.98. The number of halogens is 1. The molecule has 4 heteroatoms. The molecule has 0 aromatic heterocycles. The normalized spacial score (nSPS) is 13.0. The summed E-state index contributed by atoms with van der Waals surface area (Å²) in [5.74, 6) is -1.05. The zero-order valence-corrected chi connectivity index (χ0v) is 8.11. The standard InChI is InChI=1S/C10H10ClNO2/c11-8-3-1-2-7(6-8)4-5-9(12)10(13)14/h1-6,9H,12H2,(H,13,14)/b5-4+. The largest absolute Gasteiger partial charge is 0.480 e. The molecule has 0 aliphatic heterocycles. The Kier molecular flexibility index (Phi) is 3.68. The molecule has 3 nitrogen and oxygen atoms in total. The van der Waals surface area contributed by atoms with Gasteiger partial charge in [0.2, 0.25) is 0 Å². The van der Waals surface area contributed by atoms with E-state index < -0.39 is 12.0 Å². The summed E-state index contributed by atoms with van der Waals surface area (Å²) in [4.78, 5) is 10.4. The van der Waals surface area contributed by atoms with Gasteiger partial charge in [0.05, 0.1) is 0 Å². The molecule has 0 spiro atoms. The molecule has 0 aliphatic carbocycles. The van der Waals surface area contributed by atoms with Gasteiger partial charge in [0.1, 0.15) is 6.04 Å². The Hall–Kier alpha value is -1.32. The summed E-state index contributed by atoms with van der Waals surface area (Å²) in [6, 6.07) is 6.10. The van der Waals surface area contributed by atoms with Crippen LogP contribution in [0.1, 0.15) is 5.56 Å². The number of carbonyl (C=O) groups is 1. The average Bonchev–Trinajstić information content (AvgIpc) is 2.14. The maximum absolute atomic E-state index is 10.4. The summed E-state index contributed by atoms with van der Waals surface area (Å²) >= 11 is 5.74. The third-order valence-electron chi connectivity index (χ3n) is 1.63. The fraction of sp³-hybridized carbons (Fsp3) is 0.100. The third-order valence-corrected chi connectivity index (χ3v) is 1.86. The Bertz CT molecular complexity index is 363. The van der Waals surface area contributed by atoms with E-state index >= 15 is 0 Å². The first-order chi connectivity index (χ1) is 6.59. The minimum atomic E-state index is -1.05. The lowest BCUT2D eigenvalue weighted by Crippen LogP contribution is -2.27. The lowest BCUT2D eigenvalue weighted by atomic mass is 10.2. The van der Waals surface area contributed by atoms with E-state index in [2.05, 4.69) is 0 Å². The third kappa shape index (κ3) is 3.20. The zero-order chi connectivity index (χ0) is 10.6. The minimum Gasteiger partial charge on any atom is -0.480 e. The van der Waals surface area contributed by atoms with Crippen molar-refractivity contribution in [2.45, 2.75) is 6.04 Å². The molecule has 74 valence electrons. The Morgan fingerprint density at radius 1 is 1.57 bits per heavy atom. The van der Waals surface area contributed by atoms with Crippen molar-refractivity contribution < 1.29 is 9.90 Å². The minimum absolute atomic E-state index is 0.607. The number of rotatable bonds is 3. The van der Waals surface area contributed by atoms with E-state index in [0.29, 0.717) is 5.02 Å². The van der Waals surface area contributed by atoms with E-state index in [1.807, 2.05) is 6.07 Å². The van der Waals surface area contributed by atoms with E-state index in [4.69, 9.17) is 22.4 Å². The van der Waals surface area contributed by atoms with Crippen molar-refractivity contribution in [3.63, 3.8) is 0 Å². The van der Waals surface area contributed by atoms with E-state index in [0.717, 1.165) is 5.56 Å². The van der Waals surface area contributed by atoms with Gasteiger partial charge in [0, 0.05) is 5.02 Å². The molecule has 0 saturated heterocycles. The number of carboxylic acid groups (broad SMARTS) is 1. The van der Waals surface area contributed by atoms with Crippen molar-refractivity contribution in [2.24, 2.45) is 5.73 Å². The number of hydrogen-bond donors (Lipinski definition) is 2. The first-order valence-corrected chi connectivity index (χ1v) is 4.39. The molecule has 0 amide bonds. The highest BCUT2D eigenvalue weighted by Crippen LogP contribution is 2.11. The first-order valence-electron chi connectivity index (χ1n) is 4.02. The second-order valence-electron chi connectivity index (χ2n) is 2.78. The second-order valence-corrected chi connectivity index (χ2v) is 3.21. The van der Waals surface area contributed by atoms with Crippen LogP contribution in [0.25, 0.3) is 6.08 Å². The van der Waals surface area contributed by atoms with Gasteiger partial charge in [0.15, 0.2) is 0 Å². The maximum Gasteiger partial charge on any atom is 0.324 e. The monoisotopic (exact) mass is 211 g/mol. The van der Waals surface area contributed by atoms with Crippen molar-refractivity contribution in [1.82, 2.24) is 0 Å². The smallest absolute Gasteiger partial charge is 0.324 e. The van der Waals surface area contributed by atoms with E-state index in [1.165, 1.54) is 6.08 Å². The van der Waals surface area contributed by atoms with Crippen LogP contribution in [0.4, 0.5) is 0 Å². The quantitative estimate of drug-likeness (QED) is 0.801. The van der Waals surface area contributed by atoms with Crippen LogP contribution < -0.4 is 5.73 Å². The molecular formula is C10H10ClNO2. The Morgan fingerprint density at radius 2 is 2.29 bits per heavy atom. The molecular weight excluding hydrogens is 202 g/mol. The summed E-state index contributed by atoms with van der Waals surface area (Å²) in [5, 5.41) is 9.12. The fourth-order valence-corrected chi connectivity index (χ4v) is 1.11. The van der Waals surface area contributed by atoms with Crippen molar-refractivity contribution in [1.29, 1.82) is 0 Å².